The first-order valence-corrected chi connectivity index (χ1v) is 7.01. The van der Waals surface area contributed by atoms with Crippen LogP contribution < -0.4 is 20.5 Å². The van der Waals surface area contributed by atoms with Gasteiger partial charge in [-0.25, -0.2) is 4.68 Å². The van der Waals surface area contributed by atoms with E-state index in [-0.39, 0.29) is 11.6 Å². The molecule has 1 amide bonds. The number of nitrogens with one attached hydrogen (secondary N) is 1. The number of nitrogens with two attached hydrogens (primary N) is 1. The maximum Gasteiger partial charge on any atom is 0.273 e. The zero-order valence-corrected chi connectivity index (χ0v) is 12.2. The number of hydrogen-bond acceptors (Lipinski definition) is 6. The maximum atomic E-state index is 12.0. The van der Waals surface area contributed by atoms with Gasteiger partial charge in [0.1, 0.15) is 13.2 Å². The van der Waals surface area contributed by atoms with Crippen LogP contribution in [-0.4, -0.2) is 47.2 Å². The van der Waals surface area contributed by atoms with E-state index in [4.69, 9.17) is 15.2 Å². The largest absolute Gasteiger partial charge is 0.486 e. The summed E-state index contributed by atoms with van der Waals surface area (Å²) in [5.74, 6) is 1.08. The molecular formula is C14H17N5O3. The van der Waals surface area contributed by atoms with Crippen molar-refractivity contribution in [2.75, 3.05) is 26.3 Å². The predicted octanol–water partition coefficient (Wildman–Crippen LogP) is 0.0354. The number of fused-ring (bicyclic) bond motifs is 1. The summed E-state index contributed by atoms with van der Waals surface area (Å²) in [5.41, 5.74) is 7.05. The Kier molecular flexibility index (Phi) is 3.92. The lowest BCUT2D eigenvalue weighted by atomic mass is 10.2. The summed E-state index contributed by atoms with van der Waals surface area (Å²) in [6.07, 6.45) is 0. The first-order chi connectivity index (χ1) is 10.7. The number of hydrogen-bond donors (Lipinski definition) is 2. The van der Waals surface area contributed by atoms with Crippen molar-refractivity contribution < 1.29 is 14.3 Å². The lowest BCUT2D eigenvalue weighted by Crippen LogP contribution is -2.29. The molecule has 0 aliphatic carbocycles. The van der Waals surface area contributed by atoms with Gasteiger partial charge in [-0.05, 0) is 19.1 Å². The highest BCUT2D eigenvalue weighted by Crippen LogP contribution is 2.32. The van der Waals surface area contributed by atoms with Gasteiger partial charge >= 0.3 is 0 Å². The average Bonchev–Trinajstić information content (AvgIpc) is 2.94. The van der Waals surface area contributed by atoms with Crippen LogP contribution in [0.4, 0.5) is 0 Å². The molecule has 1 aliphatic heterocycles. The van der Waals surface area contributed by atoms with Gasteiger partial charge in [0.05, 0.1) is 11.4 Å². The van der Waals surface area contributed by atoms with Gasteiger partial charge in [0.15, 0.2) is 17.2 Å². The van der Waals surface area contributed by atoms with Crippen LogP contribution in [0.2, 0.25) is 0 Å². The Morgan fingerprint density at radius 3 is 2.91 bits per heavy atom. The second kappa shape index (κ2) is 6.02. The van der Waals surface area contributed by atoms with E-state index in [2.05, 4.69) is 15.6 Å². The van der Waals surface area contributed by atoms with Gasteiger partial charge in [-0.1, -0.05) is 5.21 Å². The van der Waals surface area contributed by atoms with Crippen LogP contribution >= 0.6 is 0 Å². The summed E-state index contributed by atoms with van der Waals surface area (Å²) >= 11 is 0. The maximum absolute atomic E-state index is 12.0. The van der Waals surface area contributed by atoms with E-state index in [1.807, 2.05) is 18.2 Å². The second-order valence-electron chi connectivity index (χ2n) is 4.81. The Morgan fingerprint density at radius 2 is 2.14 bits per heavy atom. The van der Waals surface area contributed by atoms with Gasteiger partial charge in [-0.3, -0.25) is 4.79 Å². The van der Waals surface area contributed by atoms with Crippen molar-refractivity contribution in [2.24, 2.45) is 5.73 Å². The second-order valence-corrected chi connectivity index (χ2v) is 4.81. The first-order valence-electron chi connectivity index (χ1n) is 7.01. The average molecular weight is 303 g/mol. The summed E-state index contributed by atoms with van der Waals surface area (Å²) in [7, 11) is 0. The molecule has 1 aromatic heterocycles. The highest BCUT2D eigenvalue weighted by atomic mass is 16.6. The van der Waals surface area contributed by atoms with Crippen LogP contribution in [0.5, 0.6) is 11.5 Å². The number of ether oxygens (including phenoxy) is 2. The van der Waals surface area contributed by atoms with Crippen molar-refractivity contribution in [1.82, 2.24) is 20.3 Å². The SMILES string of the molecule is Cc1c(C(=O)NCCN)nnn1-c1ccc2c(c1)OCCO2. The molecule has 2 aromatic rings. The number of nitrogens with zero attached hydrogens (tertiary/aromatic N) is 3. The molecule has 8 heteroatoms. The van der Waals surface area contributed by atoms with Crippen molar-refractivity contribution in [3.05, 3.63) is 29.6 Å². The van der Waals surface area contributed by atoms with Crippen LogP contribution in [-0.2, 0) is 0 Å². The molecule has 0 bridgehead atoms. The molecule has 22 heavy (non-hydrogen) atoms. The fourth-order valence-electron chi connectivity index (χ4n) is 2.22. The van der Waals surface area contributed by atoms with E-state index in [1.165, 1.54) is 0 Å². The van der Waals surface area contributed by atoms with Crippen LogP contribution in [0, 0.1) is 6.92 Å². The lowest BCUT2D eigenvalue weighted by molar-refractivity contribution is 0.0949. The third-order valence-corrected chi connectivity index (χ3v) is 3.31. The van der Waals surface area contributed by atoms with Crippen LogP contribution in [0.1, 0.15) is 16.2 Å². The minimum Gasteiger partial charge on any atom is -0.486 e. The summed E-state index contributed by atoms with van der Waals surface area (Å²) in [6.45, 7) is 3.62. The normalized spacial score (nSPS) is 13.0. The summed E-state index contributed by atoms with van der Waals surface area (Å²) in [4.78, 5) is 12.0. The lowest BCUT2D eigenvalue weighted by Gasteiger charge is -2.18. The molecule has 3 N–H and O–H groups in total. The van der Waals surface area contributed by atoms with E-state index in [9.17, 15) is 4.79 Å². The monoisotopic (exact) mass is 303 g/mol. The van der Waals surface area contributed by atoms with Crippen molar-refractivity contribution in [1.29, 1.82) is 0 Å². The molecule has 3 rings (SSSR count). The molecule has 0 unspecified atom stereocenters. The fourth-order valence-corrected chi connectivity index (χ4v) is 2.22. The summed E-state index contributed by atoms with van der Waals surface area (Å²) in [5, 5.41) is 10.7. The molecule has 0 atom stereocenters. The topological polar surface area (TPSA) is 104 Å². The van der Waals surface area contributed by atoms with Gasteiger partial charge in [0, 0.05) is 19.2 Å². The van der Waals surface area contributed by atoms with Crippen LogP contribution in [0.3, 0.4) is 0 Å². The minimum absolute atomic E-state index is 0.281. The van der Waals surface area contributed by atoms with E-state index in [0.29, 0.717) is 43.5 Å². The van der Waals surface area contributed by atoms with Crippen molar-refractivity contribution >= 4 is 5.91 Å². The smallest absolute Gasteiger partial charge is 0.273 e. The van der Waals surface area contributed by atoms with Gasteiger partial charge in [0.2, 0.25) is 0 Å². The van der Waals surface area contributed by atoms with Crippen molar-refractivity contribution in [3.8, 4) is 17.2 Å². The van der Waals surface area contributed by atoms with Crippen molar-refractivity contribution in [3.63, 3.8) is 0 Å². The van der Waals surface area contributed by atoms with Gasteiger partial charge < -0.3 is 20.5 Å². The standard InChI is InChI=1S/C14H17N5O3/c1-9-13(14(20)16-5-4-15)17-18-19(9)10-2-3-11-12(8-10)22-7-6-21-11/h2-3,8H,4-7,15H2,1H3,(H,16,20). The molecular weight excluding hydrogens is 286 g/mol. The number of amides is 1. The first kappa shape index (κ1) is 14.3. The van der Waals surface area contributed by atoms with Crippen molar-refractivity contribution in [2.45, 2.75) is 6.92 Å². The quantitative estimate of drug-likeness (QED) is 0.826. The number of benzene rings is 1. The van der Waals surface area contributed by atoms with E-state index < -0.39 is 0 Å². The highest BCUT2D eigenvalue weighted by Gasteiger charge is 2.18. The Labute approximate surface area is 127 Å². The molecule has 0 fully saturated rings. The number of carbonyl (C=O) groups is 1. The predicted molar refractivity (Wildman–Crippen MR) is 78.5 cm³/mol. The van der Waals surface area contributed by atoms with E-state index >= 15 is 0 Å². The Hall–Kier alpha value is -2.61. The zero-order valence-electron chi connectivity index (χ0n) is 12.2. The van der Waals surface area contributed by atoms with Crippen LogP contribution in [0.25, 0.3) is 5.69 Å². The fraction of sp³-hybridized carbons (Fsp3) is 0.357. The number of rotatable bonds is 4. The van der Waals surface area contributed by atoms with Crippen LogP contribution in [0.15, 0.2) is 18.2 Å². The summed E-state index contributed by atoms with van der Waals surface area (Å²) in [6, 6.07) is 5.48. The minimum atomic E-state index is -0.285. The highest BCUT2D eigenvalue weighted by molar-refractivity contribution is 5.93. The molecule has 0 spiro atoms. The van der Waals surface area contributed by atoms with E-state index in [0.717, 1.165) is 5.69 Å². The van der Waals surface area contributed by atoms with E-state index in [1.54, 1.807) is 11.6 Å². The summed E-state index contributed by atoms with van der Waals surface area (Å²) < 4.78 is 12.6. The third kappa shape index (κ3) is 2.60. The Balaban J connectivity index is 1.89. The zero-order chi connectivity index (χ0) is 15.5. The molecule has 8 nitrogen and oxygen atoms in total. The third-order valence-electron chi connectivity index (χ3n) is 3.31. The van der Waals surface area contributed by atoms with Gasteiger partial charge in [-0.15, -0.1) is 5.10 Å². The molecule has 0 radical (unpaired) electrons. The molecule has 0 saturated heterocycles. The Bertz CT molecular complexity index is 698. The Morgan fingerprint density at radius 1 is 1.36 bits per heavy atom. The molecule has 2 heterocycles. The number of aromatic nitrogens is 3. The molecule has 1 aliphatic rings. The number of carbonyl (C=O) groups excluding carboxylic acids is 1. The molecule has 116 valence electrons. The molecule has 0 saturated carbocycles. The molecule has 1 aromatic carbocycles. The van der Waals surface area contributed by atoms with Gasteiger partial charge in [0.25, 0.3) is 5.91 Å². The van der Waals surface area contributed by atoms with Gasteiger partial charge in [-0.2, -0.15) is 0 Å².